The summed E-state index contributed by atoms with van der Waals surface area (Å²) in [5.74, 6) is 2.79. The van der Waals surface area contributed by atoms with Gasteiger partial charge in [0.1, 0.15) is 17.5 Å². The number of aromatic nitrogens is 2. The molecule has 1 aromatic heterocycles. The Kier molecular flexibility index (Phi) is 3.21. The Morgan fingerprint density at radius 2 is 1.94 bits per heavy atom. The van der Waals surface area contributed by atoms with Crippen molar-refractivity contribution >= 4 is 11.6 Å². The summed E-state index contributed by atoms with van der Waals surface area (Å²) in [4.78, 5) is 11.5. The smallest absolute Gasteiger partial charge is 0.137 e. The lowest BCUT2D eigenvalue weighted by Crippen LogP contribution is -2.39. The standard InChI is InChI=1S/C14H24N4/c1-9(2)12-16-11(15)10(3)13(17-12)18-8-6-7-14(18,4)5/h9H,6-8H2,1-5H3,(H2,15,16,17). The molecule has 1 aliphatic heterocycles. The van der Waals surface area contributed by atoms with Gasteiger partial charge >= 0.3 is 0 Å². The summed E-state index contributed by atoms with van der Waals surface area (Å²) in [7, 11) is 0. The molecule has 4 heteroatoms. The van der Waals surface area contributed by atoms with Gasteiger partial charge in [0.05, 0.1) is 0 Å². The molecule has 2 N–H and O–H groups in total. The normalized spacial score (nSPS) is 18.7. The summed E-state index contributed by atoms with van der Waals surface area (Å²) in [6.45, 7) is 11.8. The Morgan fingerprint density at radius 1 is 1.28 bits per heavy atom. The fourth-order valence-corrected chi connectivity index (χ4v) is 2.56. The van der Waals surface area contributed by atoms with Gasteiger partial charge in [0.25, 0.3) is 0 Å². The molecule has 0 unspecified atom stereocenters. The van der Waals surface area contributed by atoms with Crippen LogP contribution in [0.5, 0.6) is 0 Å². The zero-order valence-electron chi connectivity index (χ0n) is 12.1. The maximum Gasteiger partial charge on any atom is 0.137 e. The molecule has 1 saturated heterocycles. The first kappa shape index (κ1) is 13.1. The largest absolute Gasteiger partial charge is 0.383 e. The van der Waals surface area contributed by atoms with Gasteiger partial charge in [-0.3, -0.25) is 0 Å². The van der Waals surface area contributed by atoms with Crippen LogP contribution in [0.25, 0.3) is 0 Å². The molecule has 0 saturated carbocycles. The molecule has 2 rings (SSSR count). The van der Waals surface area contributed by atoms with Gasteiger partial charge < -0.3 is 10.6 Å². The Balaban J connectivity index is 2.50. The van der Waals surface area contributed by atoms with Crippen LogP contribution in [-0.4, -0.2) is 22.1 Å². The fraction of sp³-hybridized carbons (Fsp3) is 0.714. The highest BCUT2D eigenvalue weighted by atomic mass is 15.3. The average Bonchev–Trinajstić information content (AvgIpc) is 2.61. The van der Waals surface area contributed by atoms with Crippen molar-refractivity contribution in [2.24, 2.45) is 0 Å². The first-order chi connectivity index (χ1) is 8.33. The van der Waals surface area contributed by atoms with E-state index in [0.29, 0.717) is 11.7 Å². The molecule has 0 atom stereocenters. The van der Waals surface area contributed by atoms with Crippen molar-refractivity contribution in [3.63, 3.8) is 0 Å². The molecule has 4 nitrogen and oxygen atoms in total. The Hall–Kier alpha value is -1.32. The minimum atomic E-state index is 0.166. The van der Waals surface area contributed by atoms with E-state index in [1.165, 1.54) is 12.8 Å². The molecule has 1 aliphatic rings. The Labute approximate surface area is 110 Å². The first-order valence-electron chi connectivity index (χ1n) is 6.74. The second-order valence-electron chi connectivity index (χ2n) is 6.14. The van der Waals surface area contributed by atoms with Gasteiger partial charge in [-0.2, -0.15) is 0 Å². The van der Waals surface area contributed by atoms with Crippen LogP contribution in [-0.2, 0) is 0 Å². The molecule has 1 fully saturated rings. The third kappa shape index (κ3) is 2.16. The van der Waals surface area contributed by atoms with E-state index < -0.39 is 0 Å². The van der Waals surface area contributed by atoms with Crippen LogP contribution < -0.4 is 10.6 Å². The SMILES string of the molecule is Cc1c(N)nc(C(C)C)nc1N1CCCC1(C)C. The minimum absolute atomic E-state index is 0.166. The summed E-state index contributed by atoms with van der Waals surface area (Å²) < 4.78 is 0. The molecule has 2 heterocycles. The highest BCUT2D eigenvalue weighted by molar-refractivity contribution is 5.58. The van der Waals surface area contributed by atoms with Crippen LogP contribution in [0.1, 0.15) is 57.8 Å². The van der Waals surface area contributed by atoms with E-state index in [4.69, 9.17) is 10.7 Å². The van der Waals surface area contributed by atoms with Crippen LogP contribution in [0.3, 0.4) is 0 Å². The topological polar surface area (TPSA) is 55.0 Å². The number of anilines is 2. The van der Waals surface area contributed by atoms with Crippen molar-refractivity contribution in [3.05, 3.63) is 11.4 Å². The lowest BCUT2D eigenvalue weighted by molar-refractivity contribution is 0.512. The van der Waals surface area contributed by atoms with Crippen molar-refractivity contribution in [2.45, 2.75) is 58.9 Å². The fourth-order valence-electron chi connectivity index (χ4n) is 2.56. The van der Waals surface area contributed by atoms with Crippen LogP contribution in [0.4, 0.5) is 11.6 Å². The van der Waals surface area contributed by atoms with Crippen molar-refractivity contribution < 1.29 is 0 Å². The van der Waals surface area contributed by atoms with Crippen molar-refractivity contribution in [1.29, 1.82) is 0 Å². The van der Waals surface area contributed by atoms with Gasteiger partial charge in [0, 0.05) is 23.6 Å². The monoisotopic (exact) mass is 248 g/mol. The molecular weight excluding hydrogens is 224 g/mol. The summed E-state index contributed by atoms with van der Waals surface area (Å²) in [5.41, 5.74) is 7.21. The number of nitrogen functional groups attached to an aromatic ring is 1. The number of hydrogen-bond donors (Lipinski definition) is 1. The maximum absolute atomic E-state index is 6.04. The third-order valence-electron chi connectivity index (χ3n) is 3.85. The highest BCUT2D eigenvalue weighted by Gasteiger charge is 2.34. The predicted octanol–water partition coefficient (Wildman–Crippen LogP) is 2.87. The number of rotatable bonds is 2. The van der Waals surface area contributed by atoms with Crippen LogP contribution >= 0.6 is 0 Å². The lowest BCUT2D eigenvalue weighted by atomic mass is 10.0. The van der Waals surface area contributed by atoms with Gasteiger partial charge in [0.2, 0.25) is 0 Å². The average molecular weight is 248 g/mol. The lowest BCUT2D eigenvalue weighted by Gasteiger charge is -2.34. The van der Waals surface area contributed by atoms with Crippen molar-refractivity contribution in [3.8, 4) is 0 Å². The number of hydrogen-bond acceptors (Lipinski definition) is 4. The zero-order valence-corrected chi connectivity index (χ0v) is 12.1. The Morgan fingerprint density at radius 3 is 2.44 bits per heavy atom. The van der Waals surface area contributed by atoms with E-state index >= 15 is 0 Å². The van der Waals surface area contributed by atoms with Gasteiger partial charge in [0.15, 0.2) is 0 Å². The van der Waals surface area contributed by atoms with Gasteiger partial charge in [-0.15, -0.1) is 0 Å². The molecule has 0 aliphatic carbocycles. The Bertz CT molecular complexity index is 451. The molecule has 0 radical (unpaired) electrons. The molecule has 0 amide bonds. The first-order valence-corrected chi connectivity index (χ1v) is 6.74. The summed E-state index contributed by atoms with van der Waals surface area (Å²) >= 11 is 0. The van der Waals surface area contributed by atoms with Crippen molar-refractivity contribution in [1.82, 2.24) is 9.97 Å². The molecule has 0 aromatic carbocycles. The summed E-state index contributed by atoms with van der Waals surface area (Å²) in [5, 5.41) is 0. The second kappa shape index (κ2) is 4.41. The van der Waals surface area contributed by atoms with E-state index in [1.54, 1.807) is 0 Å². The van der Waals surface area contributed by atoms with E-state index in [0.717, 1.165) is 23.8 Å². The van der Waals surface area contributed by atoms with Crippen LogP contribution in [0.2, 0.25) is 0 Å². The number of nitrogens with zero attached hydrogens (tertiary/aromatic N) is 3. The van der Waals surface area contributed by atoms with Crippen molar-refractivity contribution in [2.75, 3.05) is 17.2 Å². The van der Waals surface area contributed by atoms with E-state index in [9.17, 15) is 0 Å². The quantitative estimate of drug-likeness (QED) is 0.874. The number of nitrogens with two attached hydrogens (primary N) is 1. The molecule has 100 valence electrons. The molecule has 0 spiro atoms. The molecule has 0 bridgehead atoms. The van der Waals surface area contributed by atoms with Crippen LogP contribution in [0.15, 0.2) is 0 Å². The van der Waals surface area contributed by atoms with Gasteiger partial charge in [-0.05, 0) is 33.6 Å². The second-order valence-corrected chi connectivity index (χ2v) is 6.14. The van der Waals surface area contributed by atoms with Gasteiger partial charge in [-0.1, -0.05) is 13.8 Å². The maximum atomic E-state index is 6.04. The van der Waals surface area contributed by atoms with Crippen LogP contribution in [0, 0.1) is 6.92 Å². The third-order valence-corrected chi connectivity index (χ3v) is 3.85. The van der Waals surface area contributed by atoms with E-state index in [-0.39, 0.29) is 5.54 Å². The van der Waals surface area contributed by atoms with Gasteiger partial charge in [-0.25, -0.2) is 9.97 Å². The predicted molar refractivity (Wildman–Crippen MR) is 75.9 cm³/mol. The summed E-state index contributed by atoms with van der Waals surface area (Å²) in [6, 6.07) is 0. The molecular formula is C14H24N4. The zero-order chi connectivity index (χ0) is 13.5. The van der Waals surface area contributed by atoms with E-state index in [1.807, 2.05) is 6.92 Å². The minimum Gasteiger partial charge on any atom is -0.383 e. The highest BCUT2D eigenvalue weighted by Crippen LogP contribution is 2.35. The summed E-state index contributed by atoms with van der Waals surface area (Å²) in [6.07, 6.45) is 2.42. The van der Waals surface area contributed by atoms with E-state index in [2.05, 4.69) is 37.6 Å². The molecule has 1 aromatic rings. The molecule has 18 heavy (non-hydrogen) atoms.